The Morgan fingerprint density at radius 2 is 1.80 bits per heavy atom. The number of aliphatic imine (C=N–C) groups is 1. The van der Waals surface area contributed by atoms with Crippen LogP contribution in [0.1, 0.15) is 21.7 Å². The number of ether oxygens (including phenoxy) is 1. The van der Waals surface area contributed by atoms with Crippen molar-refractivity contribution in [2.45, 2.75) is 6.92 Å². The van der Waals surface area contributed by atoms with Crippen molar-refractivity contribution in [3.8, 4) is 11.1 Å². The normalized spacial score (nSPS) is 11.0. The summed E-state index contributed by atoms with van der Waals surface area (Å²) in [7, 11) is 1.38. The number of hydrogen-bond donors (Lipinski definition) is 1. The van der Waals surface area contributed by atoms with Gasteiger partial charge in [0.05, 0.1) is 35.3 Å². The van der Waals surface area contributed by atoms with E-state index in [-0.39, 0.29) is 5.97 Å². The molecule has 3 rings (SSSR count). The highest BCUT2D eigenvalue weighted by molar-refractivity contribution is 6.33. The summed E-state index contributed by atoms with van der Waals surface area (Å²) in [6.07, 6.45) is 1.68. The molecule has 0 spiro atoms. The first-order valence-corrected chi connectivity index (χ1v) is 8.14. The molecular formula is C20H17ClN2O2. The Labute approximate surface area is 151 Å². The molecule has 0 aliphatic carbocycles. The number of methoxy groups -OCH3 is 1. The van der Waals surface area contributed by atoms with Crippen LogP contribution >= 0.6 is 11.6 Å². The van der Waals surface area contributed by atoms with E-state index in [0.717, 1.165) is 22.5 Å². The van der Waals surface area contributed by atoms with Gasteiger partial charge in [-0.2, -0.15) is 0 Å². The van der Waals surface area contributed by atoms with Gasteiger partial charge in [-0.3, -0.25) is 4.99 Å². The molecule has 0 saturated carbocycles. The second kappa shape index (κ2) is 7.36. The Bertz CT molecular complexity index is 930. The Morgan fingerprint density at radius 1 is 1.12 bits per heavy atom. The average Bonchev–Trinajstić information content (AvgIpc) is 2.97. The maximum atomic E-state index is 12.3. The standard InChI is InChI=1S/C20H17ClN2O2/c1-13-18(20(24)25-2)19(14-8-4-3-5-9-14)17(23-13)12-22-16-11-7-6-10-15(16)21/h3-12,23H,1-2H3. The number of benzene rings is 2. The lowest BCUT2D eigenvalue weighted by Gasteiger charge is -2.05. The molecule has 0 atom stereocenters. The molecule has 0 unspecified atom stereocenters. The summed E-state index contributed by atoms with van der Waals surface area (Å²) in [6.45, 7) is 1.84. The van der Waals surface area contributed by atoms with Crippen LogP contribution in [0.15, 0.2) is 59.6 Å². The molecule has 4 nitrogen and oxygen atoms in total. The number of carbonyl (C=O) groups is 1. The highest BCUT2D eigenvalue weighted by Gasteiger charge is 2.22. The molecule has 1 aromatic heterocycles. The topological polar surface area (TPSA) is 54.5 Å². The molecule has 5 heteroatoms. The van der Waals surface area contributed by atoms with Crippen LogP contribution < -0.4 is 0 Å². The van der Waals surface area contributed by atoms with Crippen molar-refractivity contribution in [1.82, 2.24) is 4.98 Å². The highest BCUT2D eigenvalue weighted by Crippen LogP contribution is 2.31. The summed E-state index contributed by atoms with van der Waals surface area (Å²) in [4.78, 5) is 19.9. The first-order chi connectivity index (χ1) is 12.1. The van der Waals surface area contributed by atoms with E-state index in [9.17, 15) is 4.79 Å². The molecular weight excluding hydrogens is 336 g/mol. The zero-order valence-electron chi connectivity index (χ0n) is 13.9. The zero-order valence-corrected chi connectivity index (χ0v) is 14.7. The van der Waals surface area contributed by atoms with Gasteiger partial charge < -0.3 is 9.72 Å². The third-order valence-electron chi connectivity index (χ3n) is 3.85. The number of nitrogens with one attached hydrogen (secondary N) is 1. The van der Waals surface area contributed by atoms with E-state index in [1.54, 1.807) is 12.3 Å². The van der Waals surface area contributed by atoms with Gasteiger partial charge in [-0.1, -0.05) is 54.1 Å². The first-order valence-electron chi connectivity index (χ1n) is 7.76. The molecule has 3 aromatic rings. The molecule has 0 aliphatic rings. The fourth-order valence-corrected chi connectivity index (χ4v) is 2.88. The molecule has 0 bridgehead atoms. The first kappa shape index (κ1) is 17.0. The quantitative estimate of drug-likeness (QED) is 0.519. The van der Waals surface area contributed by atoms with E-state index in [4.69, 9.17) is 16.3 Å². The molecule has 0 saturated heterocycles. The summed E-state index contributed by atoms with van der Waals surface area (Å²) >= 11 is 6.16. The van der Waals surface area contributed by atoms with Crippen LogP contribution in [0.25, 0.3) is 11.1 Å². The van der Waals surface area contributed by atoms with E-state index in [1.807, 2.05) is 55.5 Å². The number of carbonyl (C=O) groups excluding carboxylic acids is 1. The van der Waals surface area contributed by atoms with Crippen molar-refractivity contribution < 1.29 is 9.53 Å². The van der Waals surface area contributed by atoms with Crippen molar-refractivity contribution in [3.05, 3.63) is 76.6 Å². The fourth-order valence-electron chi connectivity index (χ4n) is 2.70. The number of aromatic nitrogens is 1. The maximum Gasteiger partial charge on any atom is 0.340 e. The van der Waals surface area contributed by atoms with Crippen LogP contribution in [-0.4, -0.2) is 24.3 Å². The monoisotopic (exact) mass is 352 g/mol. The fraction of sp³-hybridized carbons (Fsp3) is 0.100. The molecule has 0 amide bonds. The number of nitrogens with zero attached hydrogens (tertiary/aromatic N) is 1. The van der Waals surface area contributed by atoms with Gasteiger partial charge in [0.1, 0.15) is 0 Å². The Hall–Kier alpha value is -2.85. The van der Waals surface area contributed by atoms with E-state index >= 15 is 0 Å². The van der Waals surface area contributed by atoms with Crippen LogP contribution in [0.3, 0.4) is 0 Å². The maximum absolute atomic E-state index is 12.3. The predicted molar refractivity (Wildman–Crippen MR) is 101 cm³/mol. The zero-order chi connectivity index (χ0) is 17.8. The Kier molecular flexibility index (Phi) is 5.00. The molecule has 1 heterocycles. The Morgan fingerprint density at radius 3 is 2.48 bits per heavy atom. The van der Waals surface area contributed by atoms with Crippen LogP contribution in [0.4, 0.5) is 5.69 Å². The number of H-pyrrole nitrogens is 1. The van der Waals surface area contributed by atoms with Gasteiger partial charge in [0, 0.05) is 11.3 Å². The molecule has 0 radical (unpaired) electrons. The van der Waals surface area contributed by atoms with Crippen LogP contribution in [0, 0.1) is 6.92 Å². The summed E-state index contributed by atoms with van der Waals surface area (Å²) in [5.41, 5.74) is 4.30. The number of hydrogen-bond acceptors (Lipinski definition) is 3. The lowest BCUT2D eigenvalue weighted by molar-refractivity contribution is 0.0601. The van der Waals surface area contributed by atoms with Crippen molar-refractivity contribution in [1.29, 1.82) is 0 Å². The number of aryl methyl sites for hydroxylation is 1. The molecule has 2 aromatic carbocycles. The SMILES string of the molecule is COC(=O)c1c(C)[nH]c(C=Nc2ccccc2Cl)c1-c1ccccc1. The lowest BCUT2D eigenvalue weighted by atomic mass is 10.0. The smallest absolute Gasteiger partial charge is 0.340 e. The van der Waals surface area contributed by atoms with Gasteiger partial charge in [0.15, 0.2) is 0 Å². The number of esters is 1. The highest BCUT2D eigenvalue weighted by atomic mass is 35.5. The Balaban J connectivity index is 2.14. The van der Waals surface area contributed by atoms with E-state index in [2.05, 4.69) is 9.98 Å². The number of aromatic amines is 1. The van der Waals surface area contributed by atoms with Gasteiger partial charge >= 0.3 is 5.97 Å². The summed E-state index contributed by atoms with van der Waals surface area (Å²) < 4.78 is 4.95. The third kappa shape index (κ3) is 3.49. The largest absolute Gasteiger partial charge is 0.465 e. The second-order valence-electron chi connectivity index (χ2n) is 5.48. The van der Waals surface area contributed by atoms with Crippen LogP contribution in [0.5, 0.6) is 0 Å². The van der Waals surface area contributed by atoms with Gasteiger partial charge in [-0.05, 0) is 24.6 Å². The van der Waals surface area contributed by atoms with Crippen LogP contribution in [0.2, 0.25) is 5.02 Å². The van der Waals surface area contributed by atoms with E-state index < -0.39 is 0 Å². The molecule has 1 N–H and O–H groups in total. The third-order valence-corrected chi connectivity index (χ3v) is 4.17. The summed E-state index contributed by atoms with van der Waals surface area (Å²) in [5.74, 6) is -0.384. The predicted octanol–water partition coefficient (Wildman–Crippen LogP) is 5.18. The van der Waals surface area contributed by atoms with Gasteiger partial charge in [0.25, 0.3) is 0 Å². The van der Waals surface area contributed by atoms with Crippen LogP contribution in [-0.2, 0) is 4.74 Å². The summed E-state index contributed by atoms with van der Waals surface area (Å²) in [6, 6.07) is 17.0. The number of para-hydroxylation sites is 1. The lowest BCUT2D eigenvalue weighted by Crippen LogP contribution is -2.03. The minimum atomic E-state index is -0.384. The van der Waals surface area contributed by atoms with Crippen molar-refractivity contribution >= 4 is 29.5 Å². The van der Waals surface area contributed by atoms with E-state index in [0.29, 0.717) is 16.3 Å². The van der Waals surface area contributed by atoms with Crippen molar-refractivity contribution in [2.75, 3.05) is 7.11 Å². The summed E-state index contributed by atoms with van der Waals surface area (Å²) in [5, 5.41) is 0.566. The van der Waals surface area contributed by atoms with Crippen molar-refractivity contribution in [3.63, 3.8) is 0 Å². The molecule has 126 valence electrons. The number of rotatable bonds is 4. The van der Waals surface area contributed by atoms with Crippen molar-refractivity contribution in [2.24, 2.45) is 4.99 Å². The second-order valence-corrected chi connectivity index (χ2v) is 5.89. The van der Waals surface area contributed by atoms with Gasteiger partial charge in [0.2, 0.25) is 0 Å². The molecule has 0 fully saturated rings. The minimum Gasteiger partial charge on any atom is -0.465 e. The van der Waals surface area contributed by atoms with E-state index in [1.165, 1.54) is 7.11 Å². The molecule has 25 heavy (non-hydrogen) atoms. The van der Waals surface area contributed by atoms with Gasteiger partial charge in [-0.15, -0.1) is 0 Å². The minimum absolute atomic E-state index is 0.384. The number of halogens is 1. The molecule has 0 aliphatic heterocycles. The van der Waals surface area contributed by atoms with Gasteiger partial charge in [-0.25, -0.2) is 4.79 Å². The average molecular weight is 353 g/mol.